The zero-order valence-corrected chi connectivity index (χ0v) is 11.5. The second kappa shape index (κ2) is 4.66. The summed E-state index contributed by atoms with van der Waals surface area (Å²) >= 11 is 5.81. The van der Waals surface area contributed by atoms with Crippen LogP contribution in [-0.2, 0) is 10.3 Å². The Kier molecular flexibility index (Phi) is 3.16. The average molecular weight is 318 g/mol. The van der Waals surface area contributed by atoms with Crippen LogP contribution in [0.1, 0.15) is 18.4 Å². The first-order valence-electron chi connectivity index (χ1n) is 6.38. The molecule has 3 rings (SSSR count). The van der Waals surface area contributed by atoms with Crippen molar-refractivity contribution in [2.24, 2.45) is 5.92 Å². The van der Waals surface area contributed by atoms with E-state index in [9.17, 15) is 18.0 Å². The number of halogens is 4. The average Bonchev–Trinajstić information content (AvgIpc) is 3.19. The molecule has 0 saturated heterocycles. The number of alkyl halides is 3. The van der Waals surface area contributed by atoms with Gasteiger partial charge in [0.05, 0.1) is 5.69 Å². The van der Waals surface area contributed by atoms with Gasteiger partial charge in [-0.2, -0.15) is 13.2 Å². The van der Waals surface area contributed by atoms with Gasteiger partial charge in [0, 0.05) is 10.6 Å². The fourth-order valence-corrected chi connectivity index (χ4v) is 2.43. The van der Waals surface area contributed by atoms with Gasteiger partial charge in [0.1, 0.15) is 0 Å². The molecule has 0 spiro atoms. The molecule has 1 N–H and O–H groups in total. The summed E-state index contributed by atoms with van der Waals surface area (Å²) in [5.74, 6) is 0.112. The second-order valence-electron chi connectivity index (χ2n) is 5.13. The summed E-state index contributed by atoms with van der Waals surface area (Å²) in [5.41, 5.74) is -2.95. The number of amides is 1. The molecule has 0 aromatic heterocycles. The molecule has 21 heavy (non-hydrogen) atoms. The van der Waals surface area contributed by atoms with E-state index < -0.39 is 17.9 Å². The van der Waals surface area contributed by atoms with Crippen LogP contribution in [0.15, 0.2) is 30.4 Å². The van der Waals surface area contributed by atoms with Gasteiger partial charge in [0.2, 0.25) is 0 Å². The van der Waals surface area contributed by atoms with E-state index in [0.717, 1.165) is 18.9 Å². The third-order valence-electron chi connectivity index (χ3n) is 3.52. The maximum absolute atomic E-state index is 13.7. The number of fused-ring (bicyclic) bond motifs is 1. The molecule has 1 aliphatic carbocycles. The van der Waals surface area contributed by atoms with Crippen LogP contribution in [0.25, 0.3) is 0 Å². The number of hydrogen-bond acceptors (Lipinski definition) is 2. The molecule has 0 radical (unpaired) electrons. The van der Waals surface area contributed by atoms with Gasteiger partial charge in [-0.05, 0) is 43.0 Å². The minimum Gasteiger partial charge on any atom is -0.424 e. The van der Waals surface area contributed by atoms with E-state index in [1.165, 1.54) is 24.3 Å². The molecular formula is C14H11ClF3NO2. The monoisotopic (exact) mass is 317 g/mol. The molecule has 1 aromatic rings. The summed E-state index contributed by atoms with van der Waals surface area (Å²) in [4.78, 5) is 11.5. The second-order valence-corrected chi connectivity index (χ2v) is 5.57. The van der Waals surface area contributed by atoms with Gasteiger partial charge in [0.25, 0.3) is 5.60 Å². The van der Waals surface area contributed by atoms with E-state index >= 15 is 0 Å². The van der Waals surface area contributed by atoms with E-state index in [2.05, 4.69) is 10.1 Å². The van der Waals surface area contributed by atoms with Crippen LogP contribution in [0.4, 0.5) is 23.7 Å². The number of carbonyl (C=O) groups excluding carboxylic acids is 1. The number of nitrogens with one attached hydrogen (secondary N) is 1. The molecule has 112 valence electrons. The molecule has 2 aliphatic rings. The van der Waals surface area contributed by atoms with Crippen LogP contribution in [-0.4, -0.2) is 12.3 Å². The predicted octanol–water partition coefficient (Wildman–Crippen LogP) is 4.63. The first kappa shape index (κ1) is 14.3. The zero-order valence-electron chi connectivity index (χ0n) is 10.7. The molecule has 1 saturated carbocycles. The lowest BCUT2D eigenvalue weighted by molar-refractivity contribution is -0.243. The molecule has 1 heterocycles. The smallest absolute Gasteiger partial charge is 0.424 e. The maximum atomic E-state index is 13.7. The maximum Gasteiger partial charge on any atom is 0.436 e. The lowest BCUT2D eigenvalue weighted by Crippen LogP contribution is -2.49. The molecule has 0 bridgehead atoms. The Balaban J connectivity index is 2.18. The first-order valence-corrected chi connectivity index (χ1v) is 6.76. The van der Waals surface area contributed by atoms with Crippen molar-refractivity contribution in [3.8, 4) is 0 Å². The predicted molar refractivity (Wildman–Crippen MR) is 71.2 cm³/mol. The van der Waals surface area contributed by atoms with Crippen molar-refractivity contribution in [3.05, 3.63) is 40.9 Å². The van der Waals surface area contributed by atoms with Crippen LogP contribution in [0.3, 0.4) is 0 Å². The molecule has 0 unspecified atom stereocenters. The van der Waals surface area contributed by atoms with Crippen LogP contribution in [0.5, 0.6) is 0 Å². The minimum absolute atomic E-state index is 0.0495. The van der Waals surface area contributed by atoms with Gasteiger partial charge in [-0.25, -0.2) is 4.79 Å². The molecule has 1 aliphatic heterocycles. The van der Waals surface area contributed by atoms with E-state index in [1.54, 1.807) is 0 Å². The fraction of sp³-hybridized carbons (Fsp3) is 0.357. The van der Waals surface area contributed by atoms with E-state index in [0.29, 0.717) is 0 Å². The van der Waals surface area contributed by atoms with Crippen LogP contribution >= 0.6 is 11.6 Å². The fourth-order valence-electron chi connectivity index (χ4n) is 2.26. The molecule has 1 amide bonds. The van der Waals surface area contributed by atoms with Crippen LogP contribution < -0.4 is 5.32 Å². The van der Waals surface area contributed by atoms with Crippen molar-refractivity contribution in [2.45, 2.75) is 24.6 Å². The summed E-state index contributed by atoms with van der Waals surface area (Å²) in [6, 6.07) is 3.92. The highest BCUT2D eigenvalue weighted by molar-refractivity contribution is 6.30. The SMILES string of the molecule is O=C1Nc2ccc(Cl)cc2[C@](/C=C/C2CC2)(C(F)(F)F)O1. The Labute approximate surface area is 123 Å². The van der Waals surface area contributed by atoms with Crippen LogP contribution in [0.2, 0.25) is 5.02 Å². The highest BCUT2D eigenvalue weighted by Crippen LogP contribution is 2.49. The van der Waals surface area contributed by atoms with Gasteiger partial charge < -0.3 is 4.74 Å². The van der Waals surface area contributed by atoms with Crippen molar-refractivity contribution >= 4 is 23.4 Å². The topological polar surface area (TPSA) is 38.3 Å². The molecule has 1 fully saturated rings. The Morgan fingerprint density at radius 3 is 2.71 bits per heavy atom. The number of ether oxygens (including phenoxy) is 1. The molecule has 3 nitrogen and oxygen atoms in total. The highest BCUT2D eigenvalue weighted by atomic mass is 35.5. The largest absolute Gasteiger partial charge is 0.436 e. The lowest BCUT2D eigenvalue weighted by atomic mass is 9.89. The quantitative estimate of drug-likeness (QED) is 0.808. The van der Waals surface area contributed by atoms with Gasteiger partial charge in [-0.3, -0.25) is 5.32 Å². The van der Waals surface area contributed by atoms with Gasteiger partial charge in [-0.1, -0.05) is 17.7 Å². The number of hydrogen-bond donors (Lipinski definition) is 1. The summed E-state index contributed by atoms with van der Waals surface area (Å²) in [7, 11) is 0. The van der Waals surface area contributed by atoms with Crippen molar-refractivity contribution in [3.63, 3.8) is 0 Å². The van der Waals surface area contributed by atoms with E-state index in [1.807, 2.05) is 0 Å². The lowest BCUT2D eigenvalue weighted by Gasteiger charge is -2.37. The van der Waals surface area contributed by atoms with Crippen LogP contribution in [0, 0.1) is 5.92 Å². The summed E-state index contributed by atoms with van der Waals surface area (Å²) in [6.45, 7) is 0. The zero-order chi connectivity index (χ0) is 15.3. The summed E-state index contributed by atoms with van der Waals surface area (Å²) < 4.78 is 45.6. The van der Waals surface area contributed by atoms with Crippen molar-refractivity contribution < 1.29 is 22.7 Å². The van der Waals surface area contributed by atoms with E-state index in [4.69, 9.17) is 11.6 Å². The van der Waals surface area contributed by atoms with E-state index in [-0.39, 0.29) is 22.2 Å². The molecule has 7 heteroatoms. The normalized spacial score (nSPS) is 25.4. The minimum atomic E-state index is -4.78. The number of allylic oxidation sites excluding steroid dienone is 1. The van der Waals surface area contributed by atoms with Crippen molar-refractivity contribution in [1.82, 2.24) is 0 Å². The Morgan fingerprint density at radius 1 is 1.38 bits per heavy atom. The molecule has 1 aromatic carbocycles. The number of anilines is 1. The number of carbonyl (C=O) groups is 1. The number of rotatable bonds is 2. The summed E-state index contributed by atoms with van der Waals surface area (Å²) in [5, 5.41) is 2.40. The standard InChI is InChI=1S/C14H11ClF3NO2/c15-9-3-4-11-10(7-9)13(14(16,17)18,21-12(20)19-11)6-5-8-1-2-8/h3-8H,1-2H2,(H,19,20)/b6-5+/t13-/m1/s1. The summed E-state index contributed by atoms with van der Waals surface area (Å²) in [6.07, 6.45) is -1.84. The van der Waals surface area contributed by atoms with Crippen molar-refractivity contribution in [1.29, 1.82) is 0 Å². The highest BCUT2D eigenvalue weighted by Gasteiger charge is 2.60. The molecule has 1 atom stereocenters. The third kappa shape index (κ3) is 2.48. The van der Waals surface area contributed by atoms with Gasteiger partial charge in [0.15, 0.2) is 0 Å². The number of cyclic esters (lactones) is 1. The Hall–Kier alpha value is -1.69. The van der Waals surface area contributed by atoms with Gasteiger partial charge >= 0.3 is 12.3 Å². The number of benzene rings is 1. The Morgan fingerprint density at radius 2 is 2.10 bits per heavy atom. The van der Waals surface area contributed by atoms with Gasteiger partial charge in [-0.15, -0.1) is 0 Å². The third-order valence-corrected chi connectivity index (χ3v) is 3.75. The first-order chi connectivity index (χ1) is 9.82. The van der Waals surface area contributed by atoms with Crippen molar-refractivity contribution in [2.75, 3.05) is 5.32 Å². The molecular weight excluding hydrogens is 307 g/mol. The Bertz CT molecular complexity index is 625.